The summed E-state index contributed by atoms with van der Waals surface area (Å²) in [6.45, 7) is 17.1. The minimum atomic E-state index is -2.01. The zero-order chi connectivity index (χ0) is 27.9. The molecule has 2 fully saturated rings. The van der Waals surface area contributed by atoms with Gasteiger partial charge < -0.3 is 18.9 Å². The second-order valence-corrected chi connectivity index (χ2v) is 12.0. The van der Waals surface area contributed by atoms with E-state index in [1.54, 1.807) is 55.4 Å². The van der Waals surface area contributed by atoms with Crippen molar-refractivity contribution in [1.82, 2.24) is 9.80 Å². The highest BCUT2D eigenvalue weighted by molar-refractivity contribution is 6.14. The van der Waals surface area contributed by atoms with E-state index >= 15 is 0 Å². The topological polar surface area (TPSA) is 112 Å². The highest BCUT2D eigenvalue weighted by Crippen LogP contribution is 2.42. The van der Waals surface area contributed by atoms with E-state index in [0.29, 0.717) is 6.42 Å². The first-order valence-corrected chi connectivity index (χ1v) is 12.2. The van der Waals surface area contributed by atoms with Gasteiger partial charge in [0.05, 0.1) is 19.8 Å². The molecule has 10 nitrogen and oxygen atoms in total. The third-order valence-electron chi connectivity index (χ3n) is 5.97. The summed E-state index contributed by atoms with van der Waals surface area (Å²) in [7, 11) is 1.17. The van der Waals surface area contributed by atoms with Gasteiger partial charge >= 0.3 is 18.2 Å². The van der Waals surface area contributed by atoms with Gasteiger partial charge in [-0.1, -0.05) is 11.6 Å². The summed E-state index contributed by atoms with van der Waals surface area (Å²) in [5.41, 5.74) is -3.99. The van der Waals surface area contributed by atoms with Crippen molar-refractivity contribution < 1.29 is 38.1 Å². The lowest BCUT2D eigenvalue weighted by Gasteiger charge is -2.41. The van der Waals surface area contributed by atoms with Crippen LogP contribution < -0.4 is 0 Å². The molecule has 10 heteroatoms. The van der Waals surface area contributed by atoms with Gasteiger partial charge in [0, 0.05) is 0 Å². The molecule has 2 rings (SSSR count). The van der Waals surface area contributed by atoms with Gasteiger partial charge in [0.2, 0.25) is 5.54 Å². The van der Waals surface area contributed by atoms with Gasteiger partial charge in [-0.05, 0) is 82.1 Å². The minimum absolute atomic E-state index is 0.00524. The van der Waals surface area contributed by atoms with Gasteiger partial charge in [0.15, 0.2) is 5.78 Å². The van der Waals surface area contributed by atoms with Crippen molar-refractivity contribution in [2.24, 2.45) is 0 Å². The highest BCUT2D eigenvalue weighted by Gasteiger charge is 2.64. The van der Waals surface area contributed by atoms with Crippen LogP contribution in [0.25, 0.3) is 0 Å². The highest BCUT2D eigenvalue weighted by atomic mass is 16.6. The normalized spacial score (nSPS) is 25.9. The number of likely N-dealkylation sites (tertiary alicyclic amines) is 1. The van der Waals surface area contributed by atoms with Crippen molar-refractivity contribution in [3.63, 3.8) is 0 Å². The summed E-state index contributed by atoms with van der Waals surface area (Å²) in [6.07, 6.45) is 0.581. The van der Waals surface area contributed by atoms with Crippen LogP contribution in [0.15, 0.2) is 11.6 Å². The number of nitrogens with zero attached hydrogens (tertiary/aromatic N) is 2. The average molecular weight is 511 g/mol. The summed E-state index contributed by atoms with van der Waals surface area (Å²) < 4.78 is 22.1. The smallest absolute Gasteiger partial charge is 0.413 e. The van der Waals surface area contributed by atoms with Crippen LogP contribution in [0.5, 0.6) is 0 Å². The molecular formula is C26H42N2O8. The number of hydrogen-bond acceptors (Lipinski definition) is 8. The van der Waals surface area contributed by atoms with Gasteiger partial charge in [0.1, 0.15) is 23.0 Å². The number of carbonyl (C=O) groups is 4. The van der Waals surface area contributed by atoms with E-state index in [0.717, 1.165) is 5.57 Å². The molecule has 0 aromatic carbocycles. The lowest BCUT2D eigenvalue weighted by atomic mass is 9.86. The van der Waals surface area contributed by atoms with E-state index in [4.69, 9.17) is 18.9 Å². The van der Waals surface area contributed by atoms with E-state index in [1.807, 2.05) is 19.9 Å². The summed E-state index contributed by atoms with van der Waals surface area (Å²) in [5.74, 6) is -1.57. The molecule has 2 aliphatic rings. The van der Waals surface area contributed by atoms with Crippen LogP contribution in [-0.2, 0) is 28.5 Å². The first kappa shape index (κ1) is 29.6. The zero-order valence-electron chi connectivity index (χ0n) is 23.5. The standard InChI is InChI=1S/C26H42N2O8/c1-16(2)14-17-12-13-26(20(30)33-11,27(17)21(31)35-23(3,4)5)19(29)18-15-34-25(9,10)28(18)22(32)36-24(6,7)8/h14,17-18H,12-13,15H2,1-11H3/t17-,18+,26-/m1/s1. The SMILES string of the molecule is COC(=O)[C@]1(C(=O)[C@@H]2COC(C)(C)N2C(=O)OC(C)(C)C)CC[C@H](C=C(C)C)N1C(=O)OC(C)(C)C. The van der Waals surface area contributed by atoms with E-state index in [1.165, 1.54) is 16.9 Å². The number of ketones is 1. The minimum Gasteiger partial charge on any atom is -0.467 e. The summed E-state index contributed by atoms with van der Waals surface area (Å²) in [6, 6.07) is -1.78. The molecule has 0 aromatic heterocycles. The fourth-order valence-corrected chi connectivity index (χ4v) is 4.68. The molecule has 0 aliphatic carbocycles. The second-order valence-electron chi connectivity index (χ2n) is 12.0. The predicted molar refractivity (Wildman–Crippen MR) is 132 cm³/mol. The van der Waals surface area contributed by atoms with E-state index in [2.05, 4.69) is 0 Å². The molecule has 2 saturated heterocycles. The van der Waals surface area contributed by atoms with Crippen LogP contribution in [0, 0.1) is 0 Å². The van der Waals surface area contributed by atoms with E-state index < -0.39 is 58.5 Å². The van der Waals surface area contributed by atoms with Crippen LogP contribution in [0.4, 0.5) is 9.59 Å². The summed E-state index contributed by atoms with van der Waals surface area (Å²) in [5, 5.41) is 0. The maximum atomic E-state index is 14.3. The monoisotopic (exact) mass is 510 g/mol. The van der Waals surface area contributed by atoms with Crippen molar-refractivity contribution >= 4 is 23.9 Å². The number of hydrogen-bond donors (Lipinski definition) is 0. The molecule has 36 heavy (non-hydrogen) atoms. The van der Waals surface area contributed by atoms with Crippen molar-refractivity contribution in [1.29, 1.82) is 0 Å². The fourth-order valence-electron chi connectivity index (χ4n) is 4.68. The lowest BCUT2D eigenvalue weighted by molar-refractivity contribution is -0.161. The fraction of sp³-hybridized carbons (Fsp3) is 0.769. The Morgan fingerprint density at radius 3 is 1.86 bits per heavy atom. The third kappa shape index (κ3) is 6.02. The van der Waals surface area contributed by atoms with Crippen LogP contribution in [0.2, 0.25) is 0 Å². The number of carbonyl (C=O) groups excluding carboxylic acids is 4. The molecule has 0 unspecified atom stereocenters. The molecule has 0 bridgehead atoms. The maximum absolute atomic E-state index is 14.3. The Kier molecular flexibility index (Phi) is 8.25. The molecule has 0 saturated carbocycles. The Morgan fingerprint density at radius 2 is 1.42 bits per heavy atom. The van der Waals surface area contributed by atoms with Crippen molar-refractivity contribution in [3.05, 3.63) is 11.6 Å². The predicted octanol–water partition coefficient (Wildman–Crippen LogP) is 4.21. The Balaban J connectivity index is 2.65. The largest absolute Gasteiger partial charge is 0.467 e. The molecule has 0 aromatic rings. The van der Waals surface area contributed by atoms with Gasteiger partial charge in [0.25, 0.3) is 0 Å². The van der Waals surface area contributed by atoms with Crippen LogP contribution in [-0.4, -0.2) is 82.0 Å². The number of esters is 1. The van der Waals surface area contributed by atoms with Crippen molar-refractivity contribution in [2.75, 3.05) is 13.7 Å². The Hall–Kier alpha value is -2.62. The number of methoxy groups -OCH3 is 1. The quantitative estimate of drug-likeness (QED) is 0.239. The number of Topliss-reactive ketones (excluding diaryl/α,β-unsaturated/α-hetero) is 1. The number of rotatable bonds is 4. The molecule has 0 spiro atoms. The van der Waals surface area contributed by atoms with Gasteiger partial charge in [-0.2, -0.15) is 0 Å². The molecular weight excluding hydrogens is 468 g/mol. The molecule has 0 N–H and O–H groups in total. The lowest BCUT2D eigenvalue weighted by Crippen LogP contribution is -2.66. The Bertz CT molecular complexity index is 923. The Morgan fingerprint density at radius 1 is 0.917 bits per heavy atom. The van der Waals surface area contributed by atoms with Gasteiger partial charge in [-0.15, -0.1) is 0 Å². The molecule has 0 radical (unpaired) electrons. The molecule has 2 amide bonds. The van der Waals surface area contributed by atoms with E-state index in [-0.39, 0.29) is 13.0 Å². The third-order valence-corrected chi connectivity index (χ3v) is 5.97. The first-order chi connectivity index (χ1) is 16.3. The van der Waals surface area contributed by atoms with E-state index in [9.17, 15) is 19.2 Å². The first-order valence-electron chi connectivity index (χ1n) is 12.2. The number of allylic oxidation sites excluding steroid dienone is 1. The second kappa shape index (κ2) is 10.0. The number of amides is 2. The summed E-state index contributed by atoms with van der Waals surface area (Å²) in [4.78, 5) is 56.9. The van der Waals surface area contributed by atoms with Crippen LogP contribution in [0.3, 0.4) is 0 Å². The van der Waals surface area contributed by atoms with Crippen molar-refractivity contribution in [3.8, 4) is 0 Å². The molecule has 2 aliphatic heterocycles. The average Bonchev–Trinajstić information content (AvgIpc) is 3.21. The number of ether oxygens (including phenoxy) is 4. The zero-order valence-corrected chi connectivity index (χ0v) is 23.5. The van der Waals surface area contributed by atoms with Crippen molar-refractivity contribution in [2.45, 2.75) is 117 Å². The molecule has 204 valence electrons. The van der Waals surface area contributed by atoms with Crippen LogP contribution >= 0.6 is 0 Å². The molecule has 2 heterocycles. The summed E-state index contributed by atoms with van der Waals surface area (Å²) >= 11 is 0. The maximum Gasteiger partial charge on any atom is 0.413 e. The van der Waals surface area contributed by atoms with Gasteiger partial charge in [-0.25, -0.2) is 14.4 Å². The van der Waals surface area contributed by atoms with Crippen LogP contribution in [0.1, 0.15) is 82.1 Å². The molecule has 3 atom stereocenters. The van der Waals surface area contributed by atoms with Gasteiger partial charge in [-0.3, -0.25) is 14.6 Å². The Labute approximate surface area is 214 Å².